The van der Waals surface area contributed by atoms with Crippen molar-refractivity contribution in [2.75, 3.05) is 11.9 Å². The lowest BCUT2D eigenvalue weighted by Gasteiger charge is -2.56. The van der Waals surface area contributed by atoms with Crippen LogP contribution in [-0.4, -0.2) is 62.1 Å². The predicted molar refractivity (Wildman–Crippen MR) is 151 cm³/mol. The lowest BCUT2D eigenvalue weighted by Crippen LogP contribution is -2.60. The van der Waals surface area contributed by atoms with E-state index in [1.807, 2.05) is 0 Å². The minimum Gasteiger partial charge on any atom is -0.350 e. The number of ketones is 1. The van der Waals surface area contributed by atoms with Crippen LogP contribution in [0.5, 0.6) is 0 Å². The number of aromatic nitrogens is 3. The lowest BCUT2D eigenvalue weighted by molar-refractivity contribution is -0.138. The number of rotatable bonds is 12. The third-order valence-electron chi connectivity index (χ3n) is 8.64. The van der Waals surface area contributed by atoms with Crippen molar-refractivity contribution >= 4 is 35.1 Å². The quantitative estimate of drug-likeness (QED) is 0.231. The van der Waals surface area contributed by atoms with Crippen molar-refractivity contribution in [2.45, 2.75) is 76.4 Å². The van der Waals surface area contributed by atoms with Crippen LogP contribution in [0.3, 0.4) is 0 Å². The van der Waals surface area contributed by atoms with E-state index in [4.69, 9.17) is 0 Å². The molecule has 4 fully saturated rings. The summed E-state index contributed by atoms with van der Waals surface area (Å²) in [4.78, 5) is 82.7. The zero-order valence-electron chi connectivity index (χ0n) is 23.6. The number of Topliss-reactive ketones (excluding diaryl/α,β-unsaturated/α-hetero) is 1. The summed E-state index contributed by atoms with van der Waals surface area (Å²) < 4.78 is 1.24. The number of imidazole rings is 1. The summed E-state index contributed by atoms with van der Waals surface area (Å²) in [7, 11) is 0. The number of hydrogen-bond donors (Lipinski definition) is 5. The number of carbonyl (C=O) groups excluding carboxylic acids is 5. The van der Waals surface area contributed by atoms with Gasteiger partial charge >= 0.3 is 0 Å². The van der Waals surface area contributed by atoms with Crippen molar-refractivity contribution in [3.63, 3.8) is 0 Å². The summed E-state index contributed by atoms with van der Waals surface area (Å²) in [5.41, 5.74) is -0.830. The van der Waals surface area contributed by atoms with Crippen molar-refractivity contribution < 1.29 is 24.0 Å². The number of amides is 4. The SMILES string of the molecule is CCNC(=O)C(=O)CC[C@H](NC(=O)c1c[nH]cn1)C(=O)Nc1cccn(CC(=O)NC23CC4CC(CC(C4)C2)C3)c1=O. The Labute approximate surface area is 242 Å². The topological polar surface area (TPSA) is 184 Å². The van der Waals surface area contributed by atoms with Crippen LogP contribution in [0.2, 0.25) is 0 Å². The highest BCUT2D eigenvalue weighted by molar-refractivity contribution is 6.36. The first-order valence-corrected chi connectivity index (χ1v) is 14.6. The van der Waals surface area contributed by atoms with Gasteiger partial charge < -0.3 is 30.8 Å². The zero-order chi connectivity index (χ0) is 29.9. The van der Waals surface area contributed by atoms with Gasteiger partial charge in [0, 0.05) is 30.9 Å². The molecule has 0 unspecified atom stereocenters. The van der Waals surface area contributed by atoms with E-state index in [2.05, 4.69) is 31.2 Å². The first-order chi connectivity index (χ1) is 20.1. The van der Waals surface area contributed by atoms with Crippen LogP contribution in [0.25, 0.3) is 0 Å². The molecule has 0 saturated heterocycles. The van der Waals surface area contributed by atoms with Crippen LogP contribution >= 0.6 is 0 Å². The maximum atomic E-state index is 13.2. The molecule has 2 heterocycles. The molecule has 4 bridgehead atoms. The van der Waals surface area contributed by atoms with Gasteiger partial charge in [0.25, 0.3) is 17.4 Å². The van der Waals surface area contributed by atoms with Gasteiger partial charge in [-0.25, -0.2) is 4.98 Å². The maximum absolute atomic E-state index is 13.2. The zero-order valence-corrected chi connectivity index (χ0v) is 23.6. The Bertz CT molecular complexity index is 1380. The minimum atomic E-state index is -1.25. The molecule has 0 radical (unpaired) electrons. The fourth-order valence-corrected chi connectivity index (χ4v) is 7.26. The Balaban J connectivity index is 1.24. The van der Waals surface area contributed by atoms with Crippen LogP contribution in [0.15, 0.2) is 35.6 Å². The van der Waals surface area contributed by atoms with E-state index in [9.17, 15) is 28.8 Å². The third-order valence-corrected chi connectivity index (χ3v) is 8.64. The average molecular weight is 580 g/mol. The number of H-pyrrole nitrogens is 1. The molecule has 0 aromatic carbocycles. The summed E-state index contributed by atoms with van der Waals surface area (Å²) in [5.74, 6) is -1.20. The third kappa shape index (κ3) is 6.60. The Morgan fingerprint density at radius 1 is 1.10 bits per heavy atom. The molecule has 4 amide bonds. The smallest absolute Gasteiger partial charge is 0.287 e. The predicted octanol–water partition coefficient (Wildman–Crippen LogP) is 0.879. The number of pyridine rings is 1. The molecule has 0 spiro atoms. The van der Waals surface area contributed by atoms with Gasteiger partial charge in [-0.3, -0.25) is 28.8 Å². The molecule has 42 heavy (non-hydrogen) atoms. The molecule has 2 aromatic rings. The summed E-state index contributed by atoms with van der Waals surface area (Å²) in [6.07, 6.45) is 10.3. The fourth-order valence-electron chi connectivity index (χ4n) is 7.26. The van der Waals surface area contributed by atoms with Crippen molar-refractivity contribution in [1.29, 1.82) is 0 Å². The number of nitrogens with zero attached hydrogens (tertiary/aromatic N) is 2. The maximum Gasteiger partial charge on any atom is 0.287 e. The molecule has 4 aliphatic rings. The second-order valence-electron chi connectivity index (χ2n) is 11.9. The van der Waals surface area contributed by atoms with Gasteiger partial charge in [-0.15, -0.1) is 0 Å². The van der Waals surface area contributed by atoms with Crippen molar-refractivity contribution in [3.05, 3.63) is 46.9 Å². The van der Waals surface area contributed by atoms with Gasteiger partial charge in [-0.05, 0) is 81.8 Å². The standard InChI is InChI=1S/C29H37N7O6/c1-2-31-27(41)23(37)6-5-20(33-26(40)22-14-30-16-32-22)25(39)34-21-4-3-7-36(28(21)42)15-24(38)35-29-11-17-8-18(12-29)10-19(9-17)13-29/h3-4,7,14,16-20H,2,5-6,8-13,15H2,1H3,(H,30,32)(H,31,41)(H,33,40)(H,34,39)(H,35,38)/t17?,18?,19?,20-,29?/m0/s1. The summed E-state index contributed by atoms with van der Waals surface area (Å²) in [6, 6.07) is 1.70. The van der Waals surface area contributed by atoms with E-state index in [0.717, 1.165) is 19.3 Å². The van der Waals surface area contributed by atoms with E-state index < -0.39 is 35.1 Å². The van der Waals surface area contributed by atoms with Crippen LogP contribution in [0.4, 0.5) is 5.69 Å². The van der Waals surface area contributed by atoms with Crippen LogP contribution in [0, 0.1) is 17.8 Å². The largest absolute Gasteiger partial charge is 0.350 e. The van der Waals surface area contributed by atoms with E-state index in [1.165, 1.54) is 48.6 Å². The molecule has 5 N–H and O–H groups in total. The number of aromatic amines is 1. The van der Waals surface area contributed by atoms with E-state index in [-0.39, 0.29) is 48.8 Å². The van der Waals surface area contributed by atoms with Gasteiger partial charge in [0.1, 0.15) is 24.0 Å². The van der Waals surface area contributed by atoms with Crippen LogP contribution in [-0.2, 0) is 25.7 Å². The summed E-state index contributed by atoms with van der Waals surface area (Å²) >= 11 is 0. The van der Waals surface area contributed by atoms with E-state index in [1.54, 1.807) is 13.0 Å². The molecule has 13 heteroatoms. The fraction of sp³-hybridized carbons (Fsp3) is 0.552. The van der Waals surface area contributed by atoms with Crippen LogP contribution in [0.1, 0.15) is 68.8 Å². The Kier molecular flexibility index (Phi) is 8.55. The number of carbonyl (C=O) groups is 5. The van der Waals surface area contributed by atoms with Crippen molar-refractivity contribution in [2.24, 2.45) is 17.8 Å². The molecule has 13 nitrogen and oxygen atoms in total. The molecule has 224 valence electrons. The van der Waals surface area contributed by atoms with E-state index in [0.29, 0.717) is 17.8 Å². The summed E-state index contributed by atoms with van der Waals surface area (Å²) in [5, 5.41) is 10.7. The number of likely N-dealkylation sites (N-methyl/N-ethyl adjacent to an activating group) is 1. The monoisotopic (exact) mass is 579 g/mol. The highest BCUT2D eigenvalue weighted by Gasteiger charge is 2.51. The molecular weight excluding hydrogens is 542 g/mol. The molecule has 4 saturated carbocycles. The van der Waals surface area contributed by atoms with Gasteiger partial charge in [0.05, 0.1) is 6.33 Å². The molecule has 4 aliphatic carbocycles. The first kappa shape index (κ1) is 29.2. The van der Waals surface area contributed by atoms with Gasteiger partial charge in [0.15, 0.2) is 0 Å². The average Bonchev–Trinajstić information content (AvgIpc) is 3.47. The molecule has 0 aliphatic heterocycles. The molecule has 2 aromatic heterocycles. The Morgan fingerprint density at radius 2 is 1.79 bits per heavy atom. The lowest BCUT2D eigenvalue weighted by atomic mass is 9.53. The highest BCUT2D eigenvalue weighted by atomic mass is 16.2. The highest BCUT2D eigenvalue weighted by Crippen LogP contribution is 2.55. The van der Waals surface area contributed by atoms with Crippen molar-refractivity contribution in [3.8, 4) is 0 Å². The summed E-state index contributed by atoms with van der Waals surface area (Å²) in [6.45, 7) is 1.75. The number of hydrogen-bond acceptors (Lipinski definition) is 7. The first-order valence-electron chi connectivity index (χ1n) is 14.6. The molecule has 6 rings (SSSR count). The normalized spacial score (nSPS) is 24.5. The van der Waals surface area contributed by atoms with Crippen molar-refractivity contribution in [1.82, 2.24) is 30.5 Å². The second kappa shape index (κ2) is 12.3. The van der Waals surface area contributed by atoms with Gasteiger partial charge in [-0.1, -0.05) is 0 Å². The molecular formula is C29H37N7O6. The second-order valence-corrected chi connectivity index (χ2v) is 11.9. The minimum absolute atomic E-state index is 0.0231. The Hall–Kier alpha value is -4.29. The number of nitrogens with one attached hydrogen (secondary N) is 5. The Morgan fingerprint density at radius 3 is 2.40 bits per heavy atom. The van der Waals surface area contributed by atoms with Crippen LogP contribution < -0.4 is 26.8 Å². The molecule has 1 atom stereocenters. The number of anilines is 1. The van der Waals surface area contributed by atoms with Gasteiger partial charge in [0.2, 0.25) is 17.6 Å². The van der Waals surface area contributed by atoms with Gasteiger partial charge in [-0.2, -0.15) is 0 Å². The van der Waals surface area contributed by atoms with E-state index >= 15 is 0 Å².